The largest absolute Gasteiger partial charge is 0.379 e. The predicted octanol–water partition coefficient (Wildman–Crippen LogP) is 4.16. The van der Waals surface area contributed by atoms with Crippen LogP contribution in [0.4, 0.5) is 0 Å². The van der Waals surface area contributed by atoms with E-state index in [1.165, 1.54) is 51.4 Å². The van der Waals surface area contributed by atoms with Crippen molar-refractivity contribution in [3.05, 3.63) is 0 Å². The van der Waals surface area contributed by atoms with Gasteiger partial charge in [-0.3, -0.25) is 0 Å². The zero-order valence-corrected chi connectivity index (χ0v) is 10.1. The number of ether oxygens (including phenoxy) is 1. The highest BCUT2D eigenvalue weighted by molar-refractivity contribution is 4.80. The van der Waals surface area contributed by atoms with Gasteiger partial charge >= 0.3 is 0 Å². The molecule has 1 unspecified atom stereocenters. The molecule has 1 fully saturated rings. The van der Waals surface area contributed by atoms with Crippen LogP contribution in [0.1, 0.15) is 65.2 Å². The Morgan fingerprint density at radius 1 is 1.21 bits per heavy atom. The van der Waals surface area contributed by atoms with Crippen LogP contribution < -0.4 is 0 Å². The van der Waals surface area contributed by atoms with Crippen molar-refractivity contribution in [1.29, 1.82) is 0 Å². The molecule has 0 aromatic rings. The van der Waals surface area contributed by atoms with Gasteiger partial charge in [-0.2, -0.15) is 0 Å². The molecule has 0 aromatic carbocycles. The fraction of sp³-hybridized carbons (Fsp3) is 1.00. The second-order valence-corrected chi connectivity index (χ2v) is 5.11. The Morgan fingerprint density at radius 2 is 1.86 bits per heavy atom. The lowest BCUT2D eigenvalue weighted by Crippen LogP contribution is -2.30. The van der Waals surface area contributed by atoms with Gasteiger partial charge in [0.2, 0.25) is 0 Å². The molecule has 0 aromatic heterocycles. The Balaban J connectivity index is 2.37. The third-order valence-corrected chi connectivity index (χ3v) is 3.72. The smallest absolute Gasteiger partial charge is 0.0653 e. The Labute approximate surface area is 89.2 Å². The number of hydrogen-bond acceptors (Lipinski definition) is 1. The molecule has 14 heavy (non-hydrogen) atoms. The molecule has 84 valence electrons. The number of hydrogen-bond donors (Lipinski definition) is 0. The third-order valence-electron chi connectivity index (χ3n) is 3.72. The van der Waals surface area contributed by atoms with Gasteiger partial charge in [-0.1, -0.05) is 45.4 Å². The molecule has 0 bridgehead atoms. The lowest BCUT2D eigenvalue weighted by molar-refractivity contribution is -0.0250. The molecule has 1 atom stereocenters. The van der Waals surface area contributed by atoms with Gasteiger partial charge in [-0.05, 0) is 25.7 Å². The molecule has 1 aliphatic rings. The number of methoxy groups -OCH3 is 1. The van der Waals surface area contributed by atoms with Gasteiger partial charge in [0, 0.05) is 7.11 Å². The Kier molecular flexibility index (Phi) is 4.94. The Hall–Kier alpha value is -0.0400. The molecule has 0 amide bonds. The zero-order chi connectivity index (χ0) is 10.4. The molecular weight excluding hydrogens is 172 g/mol. The van der Waals surface area contributed by atoms with Gasteiger partial charge in [0.1, 0.15) is 0 Å². The van der Waals surface area contributed by atoms with E-state index in [0.717, 1.165) is 5.92 Å². The summed E-state index contributed by atoms with van der Waals surface area (Å²) in [5.41, 5.74) is 0.150. The van der Waals surface area contributed by atoms with Gasteiger partial charge in [-0.15, -0.1) is 0 Å². The van der Waals surface area contributed by atoms with Crippen molar-refractivity contribution in [2.24, 2.45) is 5.92 Å². The lowest BCUT2D eigenvalue weighted by Gasteiger charge is -2.33. The lowest BCUT2D eigenvalue weighted by atomic mass is 9.80. The molecule has 1 saturated carbocycles. The first-order valence-electron chi connectivity index (χ1n) is 6.25. The molecule has 1 nitrogen and oxygen atoms in total. The highest BCUT2D eigenvalue weighted by Crippen LogP contribution is 2.33. The molecule has 0 aliphatic heterocycles. The van der Waals surface area contributed by atoms with E-state index in [1.54, 1.807) is 0 Å². The van der Waals surface area contributed by atoms with Crippen molar-refractivity contribution in [1.82, 2.24) is 0 Å². The minimum absolute atomic E-state index is 0.150. The van der Waals surface area contributed by atoms with Crippen LogP contribution in [0.25, 0.3) is 0 Å². The maximum absolute atomic E-state index is 5.68. The van der Waals surface area contributed by atoms with Gasteiger partial charge < -0.3 is 4.74 Å². The van der Waals surface area contributed by atoms with E-state index in [9.17, 15) is 0 Å². The van der Waals surface area contributed by atoms with Crippen molar-refractivity contribution in [2.75, 3.05) is 7.11 Å². The predicted molar refractivity (Wildman–Crippen MR) is 61.5 cm³/mol. The second-order valence-electron chi connectivity index (χ2n) is 5.11. The quantitative estimate of drug-likeness (QED) is 0.644. The first kappa shape index (κ1) is 12.0. The standard InChI is InChI=1S/C13H26O/c1-4-10-13(2,14-3)11-12-8-6-5-7-9-12/h12H,4-11H2,1-3H3. The first-order chi connectivity index (χ1) is 6.70. The van der Waals surface area contributed by atoms with Crippen LogP contribution in [0, 0.1) is 5.92 Å². The molecule has 0 spiro atoms. The van der Waals surface area contributed by atoms with Crippen LogP contribution >= 0.6 is 0 Å². The van der Waals surface area contributed by atoms with E-state index in [4.69, 9.17) is 4.74 Å². The highest BCUT2D eigenvalue weighted by atomic mass is 16.5. The average molecular weight is 198 g/mol. The fourth-order valence-electron chi connectivity index (χ4n) is 2.82. The summed E-state index contributed by atoms with van der Waals surface area (Å²) in [7, 11) is 1.87. The topological polar surface area (TPSA) is 9.23 Å². The summed E-state index contributed by atoms with van der Waals surface area (Å²) < 4.78 is 5.68. The molecule has 0 saturated heterocycles. The van der Waals surface area contributed by atoms with Crippen LogP contribution in [0.15, 0.2) is 0 Å². The van der Waals surface area contributed by atoms with E-state index in [-0.39, 0.29) is 5.60 Å². The van der Waals surface area contributed by atoms with Crippen LogP contribution in [0.2, 0.25) is 0 Å². The molecule has 1 aliphatic carbocycles. The molecule has 0 heterocycles. The molecular formula is C13H26O. The first-order valence-corrected chi connectivity index (χ1v) is 6.25. The van der Waals surface area contributed by atoms with Gasteiger partial charge in [0.15, 0.2) is 0 Å². The summed E-state index contributed by atoms with van der Waals surface area (Å²) >= 11 is 0. The SMILES string of the molecule is CCCC(C)(CC1CCCCC1)OC. The van der Waals surface area contributed by atoms with Crippen molar-refractivity contribution in [3.8, 4) is 0 Å². The van der Waals surface area contributed by atoms with Crippen LogP contribution in [0.3, 0.4) is 0 Å². The van der Waals surface area contributed by atoms with Gasteiger partial charge in [0.05, 0.1) is 5.60 Å². The highest BCUT2D eigenvalue weighted by Gasteiger charge is 2.27. The van der Waals surface area contributed by atoms with E-state index in [2.05, 4.69) is 13.8 Å². The van der Waals surface area contributed by atoms with E-state index >= 15 is 0 Å². The van der Waals surface area contributed by atoms with Crippen LogP contribution in [-0.2, 0) is 4.74 Å². The molecule has 1 heteroatoms. The summed E-state index contributed by atoms with van der Waals surface area (Å²) in [6, 6.07) is 0. The van der Waals surface area contributed by atoms with E-state index < -0.39 is 0 Å². The average Bonchev–Trinajstić information content (AvgIpc) is 2.20. The summed E-state index contributed by atoms with van der Waals surface area (Å²) in [6.07, 6.45) is 10.9. The van der Waals surface area contributed by atoms with Crippen molar-refractivity contribution in [2.45, 2.75) is 70.8 Å². The number of rotatable bonds is 5. The fourth-order valence-corrected chi connectivity index (χ4v) is 2.82. The van der Waals surface area contributed by atoms with E-state index in [1.807, 2.05) is 7.11 Å². The van der Waals surface area contributed by atoms with Crippen LogP contribution in [-0.4, -0.2) is 12.7 Å². The summed E-state index contributed by atoms with van der Waals surface area (Å²) in [5, 5.41) is 0. The monoisotopic (exact) mass is 198 g/mol. The Morgan fingerprint density at radius 3 is 2.36 bits per heavy atom. The minimum atomic E-state index is 0.150. The molecule has 0 radical (unpaired) electrons. The van der Waals surface area contributed by atoms with Gasteiger partial charge in [-0.25, -0.2) is 0 Å². The normalized spacial score (nSPS) is 23.4. The third kappa shape index (κ3) is 3.61. The molecule has 0 N–H and O–H groups in total. The zero-order valence-electron chi connectivity index (χ0n) is 10.1. The van der Waals surface area contributed by atoms with Crippen molar-refractivity contribution < 1.29 is 4.74 Å². The summed E-state index contributed by atoms with van der Waals surface area (Å²) in [4.78, 5) is 0. The maximum atomic E-state index is 5.68. The minimum Gasteiger partial charge on any atom is -0.379 e. The second kappa shape index (κ2) is 5.75. The van der Waals surface area contributed by atoms with E-state index in [0.29, 0.717) is 0 Å². The maximum Gasteiger partial charge on any atom is 0.0653 e. The van der Waals surface area contributed by atoms with Crippen LogP contribution in [0.5, 0.6) is 0 Å². The summed E-state index contributed by atoms with van der Waals surface area (Å²) in [5.74, 6) is 0.931. The Bertz CT molecular complexity index is 149. The van der Waals surface area contributed by atoms with Gasteiger partial charge in [0.25, 0.3) is 0 Å². The van der Waals surface area contributed by atoms with Crippen molar-refractivity contribution >= 4 is 0 Å². The molecule has 1 rings (SSSR count). The van der Waals surface area contributed by atoms with Crippen molar-refractivity contribution in [3.63, 3.8) is 0 Å². The summed E-state index contributed by atoms with van der Waals surface area (Å²) in [6.45, 7) is 4.53.